The molecule has 0 saturated carbocycles. The summed E-state index contributed by atoms with van der Waals surface area (Å²) in [5.41, 5.74) is 0. The number of amides is 1. The summed E-state index contributed by atoms with van der Waals surface area (Å²) in [4.78, 5) is 11.0. The third kappa shape index (κ3) is 8.79. The van der Waals surface area contributed by atoms with E-state index < -0.39 is 0 Å². The van der Waals surface area contributed by atoms with Gasteiger partial charge in [-0.1, -0.05) is 0 Å². The molecule has 0 unspecified atom stereocenters. The molecule has 0 aliphatic rings. The topological polar surface area (TPSA) is 74.2 Å². The summed E-state index contributed by atoms with van der Waals surface area (Å²) in [5, 5.41) is 13.7. The summed E-state index contributed by atoms with van der Waals surface area (Å²) in [7, 11) is 1.58. The molecule has 2 N–H and O–H groups in total. The fourth-order valence-corrected chi connectivity index (χ4v) is 0.727. The third-order valence-electron chi connectivity index (χ3n) is 1.36. The minimum absolute atomic E-state index is 0.0255. The van der Waals surface area contributed by atoms with Crippen molar-refractivity contribution in [1.29, 1.82) is 5.26 Å². The van der Waals surface area contributed by atoms with Gasteiger partial charge in [-0.2, -0.15) is 5.26 Å². The van der Waals surface area contributed by atoms with Crippen molar-refractivity contribution in [2.45, 2.75) is 6.42 Å². The molecule has 0 aromatic rings. The monoisotopic (exact) mass is 185 g/mol. The first-order chi connectivity index (χ1) is 6.31. The van der Waals surface area contributed by atoms with Gasteiger partial charge in [0.1, 0.15) is 0 Å². The number of rotatable bonds is 7. The molecule has 0 spiro atoms. The molecule has 0 aliphatic carbocycles. The number of nitrogens with zero attached hydrogens (tertiary/aromatic N) is 1. The molecular weight excluding hydrogens is 170 g/mol. The number of nitriles is 1. The Kier molecular flexibility index (Phi) is 8.20. The molecule has 0 bridgehead atoms. The average molecular weight is 185 g/mol. The van der Waals surface area contributed by atoms with E-state index in [4.69, 9.17) is 10.00 Å². The Morgan fingerprint density at radius 2 is 2.31 bits per heavy atom. The molecule has 1 amide bonds. The molecule has 5 heteroatoms. The van der Waals surface area contributed by atoms with Crippen LogP contribution >= 0.6 is 0 Å². The van der Waals surface area contributed by atoms with E-state index in [2.05, 4.69) is 10.6 Å². The van der Waals surface area contributed by atoms with Gasteiger partial charge in [-0.3, -0.25) is 4.79 Å². The highest BCUT2D eigenvalue weighted by atomic mass is 16.5. The quantitative estimate of drug-likeness (QED) is 0.404. The lowest BCUT2D eigenvalue weighted by atomic mass is 10.4. The van der Waals surface area contributed by atoms with E-state index in [1.165, 1.54) is 0 Å². The number of methoxy groups -OCH3 is 1. The minimum atomic E-state index is -0.0255. The second-order valence-electron chi connectivity index (χ2n) is 2.43. The highest BCUT2D eigenvalue weighted by molar-refractivity contribution is 5.75. The zero-order valence-corrected chi connectivity index (χ0v) is 7.80. The number of nitrogens with one attached hydrogen (secondary N) is 2. The van der Waals surface area contributed by atoms with Crippen LogP contribution in [0.3, 0.4) is 0 Å². The molecule has 0 aliphatic heterocycles. The second-order valence-corrected chi connectivity index (χ2v) is 2.43. The van der Waals surface area contributed by atoms with Crippen LogP contribution in [-0.4, -0.2) is 39.3 Å². The van der Waals surface area contributed by atoms with Crippen LogP contribution in [0.2, 0.25) is 0 Å². The maximum Gasteiger partial charge on any atom is 0.221 e. The van der Waals surface area contributed by atoms with Crippen molar-refractivity contribution in [3.63, 3.8) is 0 Å². The lowest BCUT2D eigenvalue weighted by Gasteiger charge is -2.03. The highest BCUT2D eigenvalue weighted by Gasteiger charge is 1.98. The number of ether oxygens (including phenoxy) is 1. The van der Waals surface area contributed by atoms with Crippen molar-refractivity contribution in [3.05, 3.63) is 0 Å². The van der Waals surface area contributed by atoms with Crippen molar-refractivity contribution in [2.75, 3.05) is 33.4 Å². The molecule has 0 aromatic heterocycles. The van der Waals surface area contributed by atoms with Gasteiger partial charge in [0.25, 0.3) is 0 Å². The van der Waals surface area contributed by atoms with E-state index in [1.807, 2.05) is 6.07 Å². The van der Waals surface area contributed by atoms with Gasteiger partial charge in [-0.25, -0.2) is 0 Å². The number of carbonyl (C=O) groups excluding carboxylic acids is 1. The Balaban J connectivity index is 3.16. The number of hydrogen-bond acceptors (Lipinski definition) is 4. The Hall–Kier alpha value is -1.12. The van der Waals surface area contributed by atoms with Crippen molar-refractivity contribution >= 4 is 5.91 Å². The Morgan fingerprint density at radius 3 is 2.92 bits per heavy atom. The van der Waals surface area contributed by atoms with Crippen LogP contribution in [0, 0.1) is 11.3 Å². The Labute approximate surface area is 78.1 Å². The maximum atomic E-state index is 11.0. The molecular formula is C8H15N3O2. The molecule has 0 saturated heterocycles. The standard InChI is InChI=1S/C8H15N3O2/c1-13-7-6-11-8(12)2-4-10-5-3-9/h10H,2,4-7H2,1H3,(H,11,12). The number of carbonyl (C=O) groups is 1. The smallest absolute Gasteiger partial charge is 0.221 e. The van der Waals surface area contributed by atoms with Gasteiger partial charge < -0.3 is 15.4 Å². The van der Waals surface area contributed by atoms with Gasteiger partial charge in [0.05, 0.1) is 19.2 Å². The van der Waals surface area contributed by atoms with Gasteiger partial charge in [0.15, 0.2) is 0 Å². The first-order valence-corrected chi connectivity index (χ1v) is 4.14. The first kappa shape index (κ1) is 11.9. The van der Waals surface area contributed by atoms with Crippen LogP contribution in [-0.2, 0) is 9.53 Å². The first-order valence-electron chi connectivity index (χ1n) is 4.14. The van der Waals surface area contributed by atoms with Crippen LogP contribution in [0.4, 0.5) is 0 Å². The normalized spacial score (nSPS) is 9.23. The molecule has 0 heterocycles. The molecule has 0 atom stereocenters. The van der Waals surface area contributed by atoms with Crippen LogP contribution in [0.1, 0.15) is 6.42 Å². The van der Waals surface area contributed by atoms with E-state index in [-0.39, 0.29) is 12.5 Å². The zero-order valence-electron chi connectivity index (χ0n) is 7.80. The molecule has 5 nitrogen and oxygen atoms in total. The molecule has 0 aromatic carbocycles. The van der Waals surface area contributed by atoms with E-state index in [0.29, 0.717) is 26.1 Å². The van der Waals surface area contributed by atoms with E-state index in [9.17, 15) is 4.79 Å². The molecule has 0 fully saturated rings. The molecule has 74 valence electrons. The second kappa shape index (κ2) is 8.97. The van der Waals surface area contributed by atoms with Crippen molar-refractivity contribution in [2.24, 2.45) is 0 Å². The van der Waals surface area contributed by atoms with Gasteiger partial charge >= 0.3 is 0 Å². The summed E-state index contributed by atoms with van der Waals surface area (Å²) in [6, 6.07) is 1.93. The lowest BCUT2D eigenvalue weighted by Crippen LogP contribution is -2.30. The predicted octanol–water partition coefficient (Wildman–Crippen LogP) is -0.748. The summed E-state index contributed by atoms with van der Waals surface area (Å²) < 4.78 is 4.76. The van der Waals surface area contributed by atoms with Crippen LogP contribution in [0.25, 0.3) is 0 Å². The Bertz CT molecular complexity index is 177. The van der Waals surface area contributed by atoms with Crippen molar-refractivity contribution < 1.29 is 9.53 Å². The number of hydrogen-bond donors (Lipinski definition) is 2. The molecule has 0 rings (SSSR count). The highest BCUT2D eigenvalue weighted by Crippen LogP contribution is 1.76. The fourth-order valence-electron chi connectivity index (χ4n) is 0.727. The predicted molar refractivity (Wildman–Crippen MR) is 48.0 cm³/mol. The maximum absolute atomic E-state index is 11.0. The van der Waals surface area contributed by atoms with E-state index >= 15 is 0 Å². The van der Waals surface area contributed by atoms with E-state index in [0.717, 1.165) is 0 Å². The summed E-state index contributed by atoms with van der Waals surface area (Å²) in [5.74, 6) is -0.0255. The largest absolute Gasteiger partial charge is 0.383 e. The Morgan fingerprint density at radius 1 is 1.54 bits per heavy atom. The van der Waals surface area contributed by atoms with Crippen molar-refractivity contribution in [3.8, 4) is 6.07 Å². The average Bonchev–Trinajstić information content (AvgIpc) is 2.13. The van der Waals surface area contributed by atoms with Crippen molar-refractivity contribution in [1.82, 2.24) is 10.6 Å². The summed E-state index contributed by atoms with van der Waals surface area (Å²) in [6.07, 6.45) is 0.394. The summed E-state index contributed by atoms with van der Waals surface area (Å²) in [6.45, 7) is 1.88. The fraction of sp³-hybridized carbons (Fsp3) is 0.750. The van der Waals surface area contributed by atoms with Crippen LogP contribution < -0.4 is 10.6 Å². The van der Waals surface area contributed by atoms with Gasteiger partial charge in [-0.05, 0) is 0 Å². The van der Waals surface area contributed by atoms with Crippen LogP contribution in [0.5, 0.6) is 0 Å². The SMILES string of the molecule is COCCNC(=O)CCNCC#N. The minimum Gasteiger partial charge on any atom is -0.383 e. The van der Waals surface area contributed by atoms with E-state index in [1.54, 1.807) is 7.11 Å². The summed E-state index contributed by atoms with van der Waals surface area (Å²) >= 11 is 0. The molecule has 13 heavy (non-hydrogen) atoms. The molecule has 0 radical (unpaired) electrons. The third-order valence-corrected chi connectivity index (χ3v) is 1.36. The lowest BCUT2D eigenvalue weighted by molar-refractivity contribution is -0.121. The van der Waals surface area contributed by atoms with Gasteiger partial charge in [0.2, 0.25) is 5.91 Å². The van der Waals surface area contributed by atoms with Crippen LogP contribution in [0.15, 0.2) is 0 Å². The van der Waals surface area contributed by atoms with Gasteiger partial charge in [-0.15, -0.1) is 0 Å². The van der Waals surface area contributed by atoms with Gasteiger partial charge in [0, 0.05) is 26.6 Å². The zero-order chi connectivity index (χ0) is 9.94.